The summed E-state index contributed by atoms with van der Waals surface area (Å²) in [5, 5.41) is 20.8. The Labute approximate surface area is 116 Å². The summed E-state index contributed by atoms with van der Waals surface area (Å²) in [6.07, 6.45) is 1.13. The fraction of sp³-hybridized carbons (Fsp3) is 0.385. The van der Waals surface area contributed by atoms with Crippen LogP contribution in [0.4, 0.5) is 5.69 Å². The molecule has 1 atom stereocenters. The van der Waals surface area contributed by atoms with Gasteiger partial charge in [-0.2, -0.15) is 0 Å². The van der Waals surface area contributed by atoms with E-state index in [4.69, 9.17) is 15.6 Å². The number of ether oxygens (including phenoxy) is 1. The summed E-state index contributed by atoms with van der Waals surface area (Å²) in [6.45, 7) is 0.523. The highest BCUT2D eigenvalue weighted by Crippen LogP contribution is 2.22. The van der Waals surface area contributed by atoms with Crippen LogP contribution in [0.2, 0.25) is 0 Å². The monoisotopic (exact) mass is 282 g/mol. The molecule has 0 aliphatic rings. The molecule has 1 aromatic carbocycles. The Morgan fingerprint density at radius 2 is 2.15 bits per heavy atom. The number of methoxy groups -OCH3 is 1. The van der Waals surface area contributed by atoms with E-state index in [1.165, 1.54) is 18.2 Å². The van der Waals surface area contributed by atoms with Crippen molar-refractivity contribution >= 4 is 17.6 Å². The Balaban J connectivity index is 2.62. The van der Waals surface area contributed by atoms with Crippen molar-refractivity contribution in [1.29, 1.82) is 0 Å². The Hall–Kier alpha value is -2.12. The van der Waals surface area contributed by atoms with Crippen molar-refractivity contribution in [2.45, 2.75) is 18.9 Å². The lowest BCUT2D eigenvalue weighted by atomic mass is 10.1. The van der Waals surface area contributed by atoms with Crippen LogP contribution in [0.25, 0.3) is 0 Å². The number of nitrogens with one attached hydrogen (secondary N) is 1. The van der Waals surface area contributed by atoms with E-state index in [2.05, 4.69) is 5.32 Å². The number of carboxylic acid groups (broad SMARTS) is 1. The highest BCUT2D eigenvalue weighted by molar-refractivity contribution is 5.96. The molecular weight excluding hydrogens is 264 g/mol. The predicted molar refractivity (Wildman–Crippen MR) is 72.8 cm³/mol. The van der Waals surface area contributed by atoms with Crippen molar-refractivity contribution in [2.24, 2.45) is 5.73 Å². The number of carbonyl (C=O) groups is 2. The first-order valence-electron chi connectivity index (χ1n) is 6.07. The third kappa shape index (κ3) is 4.52. The number of benzene rings is 1. The van der Waals surface area contributed by atoms with Crippen molar-refractivity contribution in [3.05, 3.63) is 23.8 Å². The Kier molecular flexibility index (Phi) is 5.95. The van der Waals surface area contributed by atoms with E-state index < -0.39 is 23.7 Å². The van der Waals surface area contributed by atoms with Gasteiger partial charge in [0, 0.05) is 25.5 Å². The number of aromatic carboxylic acids is 1. The van der Waals surface area contributed by atoms with E-state index in [1.807, 2.05) is 0 Å². The van der Waals surface area contributed by atoms with E-state index in [0.29, 0.717) is 25.1 Å². The number of aromatic hydroxyl groups is 1. The smallest absolute Gasteiger partial charge is 0.339 e. The molecule has 0 saturated carbocycles. The number of hydrogen-bond donors (Lipinski definition) is 4. The van der Waals surface area contributed by atoms with Gasteiger partial charge in [0.2, 0.25) is 5.91 Å². The first-order valence-corrected chi connectivity index (χ1v) is 6.07. The molecule has 0 bridgehead atoms. The van der Waals surface area contributed by atoms with Crippen LogP contribution in [0.3, 0.4) is 0 Å². The Bertz CT molecular complexity index is 490. The molecule has 110 valence electrons. The van der Waals surface area contributed by atoms with Crippen molar-refractivity contribution in [3.63, 3.8) is 0 Å². The maximum absolute atomic E-state index is 11.8. The van der Waals surface area contributed by atoms with Gasteiger partial charge >= 0.3 is 5.97 Å². The van der Waals surface area contributed by atoms with Gasteiger partial charge in [-0.1, -0.05) is 0 Å². The zero-order valence-electron chi connectivity index (χ0n) is 11.1. The first-order chi connectivity index (χ1) is 9.45. The van der Waals surface area contributed by atoms with Gasteiger partial charge in [-0.05, 0) is 25.0 Å². The highest BCUT2D eigenvalue weighted by Gasteiger charge is 2.15. The van der Waals surface area contributed by atoms with Crippen molar-refractivity contribution in [2.75, 3.05) is 19.0 Å². The average molecular weight is 282 g/mol. The van der Waals surface area contributed by atoms with Gasteiger partial charge in [-0.15, -0.1) is 0 Å². The van der Waals surface area contributed by atoms with E-state index >= 15 is 0 Å². The second-order valence-electron chi connectivity index (χ2n) is 4.27. The van der Waals surface area contributed by atoms with E-state index in [-0.39, 0.29) is 5.56 Å². The predicted octanol–water partition coefficient (Wildman–Crippen LogP) is 0.783. The van der Waals surface area contributed by atoms with Gasteiger partial charge in [0.1, 0.15) is 11.3 Å². The second kappa shape index (κ2) is 7.46. The molecule has 1 rings (SSSR count). The zero-order valence-corrected chi connectivity index (χ0v) is 11.1. The van der Waals surface area contributed by atoms with Gasteiger partial charge in [0.05, 0.1) is 6.04 Å². The average Bonchev–Trinajstić information content (AvgIpc) is 2.38. The fourth-order valence-electron chi connectivity index (χ4n) is 1.60. The van der Waals surface area contributed by atoms with Gasteiger partial charge in [-0.25, -0.2) is 4.79 Å². The number of carboxylic acids is 1. The molecule has 0 spiro atoms. The molecule has 1 amide bonds. The SMILES string of the molecule is COCCCC(N)C(=O)Nc1ccc(C(=O)O)c(O)c1. The molecule has 0 fully saturated rings. The van der Waals surface area contributed by atoms with E-state index in [9.17, 15) is 14.7 Å². The minimum Gasteiger partial charge on any atom is -0.507 e. The van der Waals surface area contributed by atoms with Gasteiger partial charge in [0.15, 0.2) is 0 Å². The summed E-state index contributed by atoms with van der Waals surface area (Å²) >= 11 is 0. The molecule has 0 saturated heterocycles. The molecule has 1 unspecified atom stereocenters. The standard InChI is InChI=1S/C13H18N2O5/c1-20-6-2-3-10(14)12(17)15-8-4-5-9(13(18)19)11(16)7-8/h4-5,7,10,16H,2-3,6,14H2,1H3,(H,15,17)(H,18,19). The molecule has 5 N–H and O–H groups in total. The molecule has 1 aromatic rings. The minimum absolute atomic E-state index is 0.229. The van der Waals surface area contributed by atoms with Crippen molar-refractivity contribution in [3.8, 4) is 5.75 Å². The van der Waals surface area contributed by atoms with Crippen LogP contribution in [0.1, 0.15) is 23.2 Å². The zero-order chi connectivity index (χ0) is 15.1. The molecule has 7 nitrogen and oxygen atoms in total. The number of nitrogens with two attached hydrogens (primary N) is 1. The fourth-order valence-corrected chi connectivity index (χ4v) is 1.60. The van der Waals surface area contributed by atoms with Gasteiger partial charge in [-0.3, -0.25) is 4.79 Å². The number of rotatable bonds is 7. The molecule has 0 aromatic heterocycles. The molecule has 0 heterocycles. The first kappa shape index (κ1) is 15.9. The largest absolute Gasteiger partial charge is 0.507 e. The lowest BCUT2D eigenvalue weighted by molar-refractivity contribution is -0.117. The molecule has 0 radical (unpaired) electrons. The van der Waals surface area contributed by atoms with Crippen LogP contribution < -0.4 is 11.1 Å². The quantitative estimate of drug-likeness (QED) is 0.548. The number of hydrogen-bond acceptors (Lipinski definition) is 5. The third-order valence-corrected chi connectivity index (χ3v) is 2.70. The van der Waals surface area contributed by atoms with Gasteiger partial charge in [0.25, 0.3) is 0 Å². The number of carbonyl (C=O) groups excluding carboxylic acids is 1. The topological polar surface area (TPSA) is 122 Å². The summed E-state index contributed by atoms with van der Waals surface area (Å²) in [5.74, 6) is -2.05. The Morgan fingerprint density at radius 1 is 1.45 bits per heavy atom. The normalized spacial score (nSPS) is 11.9. The minimum atomic E-state index is -1.24. The maximum atomic E-state index is 11.8. The summed E-state index contributed by atoms with van der Waals surface area (Å²) in [5.41, 5.74) is 5.76. The molecular formula is C13H18N2O5. The van der Waals surface area contributed by atoms with Crippen LogP contribution in [0, 0.1) is 0 Å². The molecule has 7 heteroatoms. The van der Waals surface area contributed by atoms with E-state index in [1.54, 1.807) is 7.11 Å². The second-order valence-corrected chi connectivity index (χ2v) is 4.27. The van der Waals surface area contributed by atoms with Crippen LogP contribution in [0.15, 0.2) is 18.2 Å². The summed E-state index contributed by atoms with van der Waals surface area (Å²) in [6, 6.07) is 3.09. The summed E-state index contributed by atoms with van der Waals surface area (Å²) < 4.78 is 4.87. The number of phenols is 1. The highest BCUT2D eigenvalue weighted by atomic mass is 16.5. The van der Waals surface area contributed by atoms with E-state index in [0.717, 1.165) is 0 Å². The molecule has 20 heavy (non-hydrogen) atoms. The van der Waals surface area contributed by atoms with Crippen LogP contribution in [0.5, 0.6) is 5.75 Å². The van der Waals surface area contributed by atoms with Gasteiger partial charge < -0.3 is 26.0 Å². The van der Waals surface area contributed by atoms with Crippen molar-refractivity contribution in [1.82, 2.24) is 0 Å². The van der Waals surface area contributed by atoms with Crippen LogP contribution >= 0.6 is 0 Å². The van der Waals surface area contributed by atoms with Crippen molar-refractivity contribution < 1.29 is 24.5 Å². The molecule has 0 aliphatic heterocycles. The number of amides is 1. The third-order valence-electron chi connectivity index (χ3n) is 2.70. The summed E-state index contributed by atoms with van der Waals surface area (Å²) in [7, 11) is 1.57. The Morgan fingerprint density at radius 3 is 2.70 bits per heavy atom. The molecule has 0 aliphatic carbocycles. The summed E-state index contributed by atoms with van der Waals surface area (Å²) in [4.78, 5) is 22.5. The number of anilines is 1. The maximum Gasteiger partial charge on any atom is 0.339 e. The van der Waals surface area contributed by atoms with Crippen LogP contribution in [-0.2, 0) is 9.53 Å². The lowest BCUT2D eigenvalue weighted by Gasteiger charge is -2.12. The van der Waals surface area contributed by atoms with Crippen LogP contribution in [-0.4, -0.2) is 41.8 Å². The lowest BCUT2D eigenvalue weighted by Crippen LogP contribution is -2.35.